The molecule has 1 aromatic rings. The van der Waals surface area contributed by atoms with Gasteiger partial charge in [-0.05, 0) is 39.3 Å². The molecule has 0 unspecified atom stereocenters. The van der Waals surface area contributed by atoms with Crippen molar-refractivity contribution in [1.29, 1.82) is 0 Å². The number of anilines is 2. The van der Waals surface area contributed by atoms with Gasteiger partial charge in [0.05, 0.1) is 11.4 Å². The lowest BCUT2D eigenvalue weighted by atomic mass is 10.2. The smallest absolute Gasteiger partial charge is 0.412 e. The minimum atomic E-state index is -0.597. The quantitative estimate of drug-likeness (QED) is 0.702. The van der Waals surface area contributed by atoms with E-state index >= 15 is 0 Å². The lowest BCUT2D eigenvalue weighted by Gasteiger charge is -2.20. The van der Waals surface area contributed by atoms with Crippen molar-refractivity contribution in [2.24, 2.45) is 0 Å². The number of ether oxygens (including phenoxy) is 1. The van der Waals surface area contributed by atoms with Crippen molar-refractivity contribution in [3.05, 3.63) is 36.4 Å². The number of hydrogen-bond acceptors (Lipinski definition) is 4. The average Bonchev–Trinajstić information content (AvgIpc) is 2.44. The second kappa shape index (κ2) is 8.95. The molecule has 0 bridgehead atoms. The highest BCUT2D eigenvalue weighted by atomic mass is 16.6. The van der Waals surface area contributed by atoms with Gasteiger partial charge < -0.3 is 15.2 Å². The Morgan fingerprint density at radius 1 is 1.13 bits per heavy atom. The lowest BCUT2D eigenvalue weighted by Crippen LogP contribution is -2.27. The molecule has 1 rings (SSSR count). The standard InChI is InChI=1S/C17H24N2O4/c1-17(2,3)23-16(22)19-14-10-7-6-9-13(14)18-15(21)11-5-4-8-12-20/h4-7,9-10,20H,8,11-12H2,1-3H3,(H,18,21)(H,19,22). The molecule has 0 atom stereocenters. The number of nitrogens with one attached hydrogen (secondary N) is 2. The first-order valence-electron chi connectivity index (χ1n) is 7.46. The van der Waals surface area contributed by atoms with E-state index in [1.165, 1.54) is 0 Å². The number of aliphatic hydroxyl groups is 1. The summed E-state index contributed by atoms with van der Waals surface area (Å²) in [5, 5.41) is 14.0. The number of carbonyl (C=O) groups is 2. The van der Waals surface area contributed by atoms with Gasteiger partial charge in [0.15, 0.2) is 0 Å². The Bertz CT molecular complexity index is 562. The number of carbonyl (C=O) groups excluding carboxylic acids is 2. The Morgan fingerprint density at radius 3 is 2.30 bits per heavy atom. The number of amides is 2. The Hall–Kier alpha value is -2.34. The highest BCUT2D eigenvalue weighted by Gasteiger charge is 2.17. The summed E-state index contributed by atoms with van der Waals surface area (Å²) in [6.07, 6.45) is 3.56. The lowest BCUT2D eigenvalue weighted by molar-refractivity contribution is -0.115. The molecule has 0 saturated carbocycles. The molecule has 2 amide bonds. The average molecular weight is 320 g/mol. The van der Waals surface area contributed by atoms with Crippen molar-refractivity contribution in [1.82, 2.24) is 0 Å². The minimum absolute atomic E-state index is 0.0563. The van der Waals surface area contributed by atoms with Gasteiger partial charge in [0.2, 0.25) is 5.91 Å². The van der Waals surface area contributed by atoms with Crippen LogP contribution in [0.25, 0.3) is 0 Å². The maximum atomic E-state index is 11.9. The molecule has 0 aliphatic rings. The van der Waals surface area contributed by atoms with Crippen LogP contribution in [0.4, 0.5) is 16.2 Å². The highest BCUT2D eigenvalue weighted by Crippen LogP contribution is 2.22. The molecule has 0 saturated heterocycles. The van der Waals surface area contributed by atoms with Crippen LogP contribution in [-0.2, 0) is 9.53 Å². The Labute approximate surface area is 136 Å². The van der Waals surface area contributed by atoms with Crippen LogP contribution in [0.5, 0.6) is 0 Å². The van der Waals surface area contributed by atoms with Crippen molar-refractivity contribution >= 4 is 23.4 Å². The van der Waals surface area contributed by atoms with E-state index in [0.717, 1.165) is 0 Å². The third-order valence-electron chi connectivity index (χ3n) is 2.60. The van der Waals surface area contributed by atoms with Gasteiger partial charge in [0, 0.05) is 13.0 Å². The van der Waals surface area contributed by atoms with Crippen molar-refractivity contribution in [2.45, 2.75) is 39.2 Å². The summed E-state index contributed by atoms with van der Waals surface area (Å²) < 4.78 is 5.20. The maximum Gasteiger partial charge on any atom is 0.412 e. The normalized spacial score (nSPS) is 11.3. The fraction of sp³-hybridized carbons (Fsp3) is 0.412. The molecule has 0 aliphatic carbocycles. The number of para-hydroxylation sites is 2. The van der Waals surface area contributed by atoms with Crippen LogP contribution >= 0.6 is 0 Å². The van der Waals surface area contributed by atoms with E-state index < -0.39 is 11.7 Å². The summed E-state index contributed by atoms with van der Waals surface area (Å²) in [6.45, 7) is 5.39. The molecule has 6 heteroatoms. The Morgan fingerprint density at radius 2 is 1.74 bits per heavy atom. The first-order chi connectivity index (χ1) is 10.8. The predicted molar refractivity (Wildman–Crippen MR) is 90.4 cm³/mol. The number of aliphatic hydroxyl groups excluding tert-OH is 1. The molecule has 0 aromatic heterocycles. The first-order valence-corrected chi connectivity index (χ1v) is 7.46. The molecule has 0 radical (unpaired) electrons. The zero-order chi connectivity index (χ0) is 17.3. The molecule has 1 aromatic carbocycles. The first kappa shape index (κ1) is 18.7. The Kier molecular flexibility index (Phi) is 7.28. The molecule has 0 spiro atoms. The van der Waals surface area contributed by atoms with E-state index in [2.05, 4.69) is 10.6 Å². The second-order valence-electron chi connectivity index (χ2n) is 5.91. The summed E-state index contributed by atoms with van der Waals surface area (Å²) in [6, 6.07) is 6.89. The van der Waals surface area contributed by atoms with E-state index in [0.29, 0.717) is 17.8 Å². The minimum Gasteiger partial charge on any atom is -0.444 e. The number of rotatable bonds is 6. The third kappa shape index (κ3) is 8.01. The summed E-state index contributed by atoms with van der Waals surface area (Å²) >= 11 is 0. The topological polar surface area (TPSA) is 87.7 Å². The molecular formula is C17H24N2O4. The number of benzene rings is 1. The largest absolute Gasteiger partial charge is 0.444 e. The van der Waals surface area contributed by atoms with E-state index in [1.54, 1.807) is 57.2 Å². The van der Waals surface area contributed by atoms with Gasteiger partial charge in [-0.15, -0.1) is 0 Å². The predicted octanol–water partition coefficient (Wildman–Crippen LogP) is 3.30. The summed E-state index contributed by atoms with van der Waals surface area (Å²) in [5.41, 5.74) is 0.369. The molecule has 126 valence electrons. The van der Waals surface area contributed by atoms with E-state index in [1.807, 2.05) is 0 Å². The monoisotopic (exact) mass is 320 g/mol. The second-order valence-corrected chi connectivity index (χ2v) is 5.91. The molecule has 0 aliphatic heterocycles. The zero-order valence-electron chi connectivity index (χ0n) is 13.8. The van der Waals surface area contributed by atoms with E-state index in [-0.39, 0.29) is 18.9 Å². The molecular weight excluding hydrogens is 296 g/mol. The van der Waals surface area contributed by atoms with Crippen molar-refractivity contribution in [2.75, 3.05) is 17.2 Å². The van der Waals surface area contributed by atoms with Crippen molar-refractivity contribution in [3.63, 3.8) is 0 Å². The van der Waals surface area contributed by atoms with E-state index in [9.17, 15) is 9.59 Å². The van der Waals surface area contributed by atoms with Crippen LogP contribution in [0.1, 0.15) is 33.6 Å². The van der Waals surface area contributed by atoms with Crippen LogP contribution in [0.2, 0.25) is 0 Å². The van der Waals surface area contributed by atoms with Crippen LogP contribution in [-0.4, -0.2) is 29.3 Å². The van der Waals surface area contributed by atoms with Crippen LogP contribution < -0.4 is 10.6 Å². The summed E-state index contributed by atoms with van der Waals surface area (Å²) in [4.78, 5) is 23.7. The summed E-state index contributed by atoms with van der Waals surface area (Å²) in [7, 11) is 0. The Balaban J connectivity index is 2.66. The van der Waals surface area contributed by atoms with Crippen LogP contribution in [0.3, 0.4) is 0 Å². The SMILES string of the molecule is CC(C)(C)OC(=O)Nc1ccccc1NC(=O)CC=CCCO. The fourth-order valence-electron chi connectivity index (χ4n) is 1.70. The van der Waals surface area contributed by atoms with E-state index in [4.69, 9.17) is 9.84 Å². The summed E-state index contributed by atoms with van der Waals surface area (Å²) in [5.74, 6) is -0.211. The van der Waals surface area contributed by atoms with Gasteiger partial charge in [-0.1, -0.05) is 24.3 Å². The maximum absolute atomic E-state index is 11.9. The molecule has 0 fully saturated rings. The van der Waals surface area contributed by atoms with Gasteiger partial charge in [-0.3, -0.25) is 10.1 Å². The molecule has 3 N–H and O–H groups in total. The van der Waals surface area contributed by atoms with Gasteiger partial charge in [-0.2, -0.15) is 0 Å². The molecule has 6 nitrogen and oxygen atoms in total. The zero-order valence-corrected chi connectivity index (χ0v) is 13.8. The van der Waals surface area contributed by atoms with Gasteiger partial charge in [0.25, 0.3) is 0 Å². The third-order valence-corrected chi connectivity index (χ3v) is 2.60. The van der Waals surface area contributed by atoms with Crippen molar-refractivity contribution in [3.8, 4) is 0 Å². The van der Waals surface area contributed by atoms with Gasteiger partial charge in [0.1, 0.15) is 5.60 Å². The van der Waals surface area contributed by atoms with Gasteiger partial charge in [-0.25, -0.2) is 4.79 Å². The van der Waals surface area contributed by atoms with Crippen molar-refractivity contribution < 1.29 is 19.4 Å². The molecule has 23 heavy (non-hydrogen) atoms. The fourth-order valence-corrected chi connectivity index (χ4v) is 1.70. The van der Waals surface area contributed by atoms with Crippen LogP contribution in [0, 0.1) is 0 Å². The number of hydrogen-bond donors (Lipinski definition) is 3. The van der Waals surface area contributed by atoms with Gasteiger partial charge >= 0.3 is 6.09 Å². The molecule has 0 heterocycles. The van der Waals surface area contributed by atoms with Crippen LogP contribution in [0.15, 0.2) is 36.4 Å². The highest BCUT2D eigenvalue weighted by molar-refractivity contribution is 5.98.